The van der Waals surface area contributed by atoms with Gasteiger partial charge in [-0.2, -0.15) is 7.05 Å². The second-order valence-corrected chi connectivity index (χ2v) is 4.67. The number of likely N-dealkylation sites (tertiary alicyclic amines) is 2. The summed E-state index contributed by atoms with van der Waals surface area (Å²) in [5.41, 5.74) is 0.0111. The van der Waals surface area contributed by atoms with Crippen LogP contribution < -0.4 is 4.90 Å². The zero-order chi connectivity index (χ0) is 10.2. The molecule has 2 aliphatic rings. The molecule has 0 bridgehead atoms. The molecular formula is C11H20N2O. The van der Waals surface area contributed by atoms with Crippen LogP contribution in [0.4, 0.5) is 0 Å². The molecular weight excluding hydrogens is 176 g/mol. The Hall–Kier alpha value is -0.570. The number of amides is 1. The highest BCUT2D eigenvalue weighted by molar-refractivity contribution is 5.84. The summed E-state index contributed by atoms with van der Waals surface area (Å²) in [4.78, 5) is 15.5. The average molecular weight is 196 g/mol. The molecule has 0 unspecified atom stereocenters. The quantitative estimate of drug-likeness (QED) is 0.572. The van der Waals surface area contributed by atoms with Crippen molar-refractivity contribution in [2.75, 3.05) is 26.2 Å². The Kier molecular flexibility index (Phi) is 2.52. The molecule has 0 aliphatic carbocycles. The predicted octanol–water partition coefficient (Wildman–Crippen LogP) is -0.305. The van der Waals surface area contributed by atoms with Crippen molar-refractivity contribution in [2.45, 2.75) is 26.2 Å². The molecule has 0 atom stereocenters. The first-order chi connectivity index (χ1) is 6.68. The van der Waals surface area contributed by atoms with Crippen molar-refractivity contribution < 1.29 is 9.69 Å². The zero-order valence-corrected chi connectivity index (χ0v) is 9.01. The second-order valence-electron chi connectivity index (χ2n) is 4.67. The third-order valence-electron chi connectivity index (χ3n) is 3.90. The van der Waals surface area contributed by atoms with Crippen LogP contribution in [0.3, 0.4) is 0 Å². The first-order valence-corrected chi connectivity index (χ1v) is 5.64. The third kappa shape index (κ3) is 1.44. The maximum absolute atomic E-state index is 12.1. The van der Waals surface area contributed by atoms with Gasteiger partial charge in [-0.1, -0.05) is 0 Å². The number of nitrogens with one attached hydrogen (secondary N) is 1. The lowest BCUT2D eigenvalue weighted by Gasteiger charge is -2.37. The Morgan fingerprint density at radius 2 is 2.07 bits per heavy atom. The van der Waals surface area contributed by atoms with E-state index in [1.807, 2.05) is 4.90 Å². The number of hydrogen-bond donors (Lipinski definition) is 1. The summed E-state index contributed by atoms with van der Waals surface area (Å²) >= 11 is 0. The summed E-state index contributed by atoms with van der Waals surface area (Å²) in [5, 5.41) is 0. The normalized spacial score (nSPS) is 38.3. The number of carbonyl (C=O) groups is 1. The number of piperidine rings is 1. The van der Waals surface area contributed by atoms with Crippen LogP contribution in [0, 0.1) is 12.5 Å². The Labute approximate surface area is 86.1 Å². The predicted molar refractivity (Wildman–Crippen MR) is 54.6 cm³/mol. The maximum Gasteiger partial charge on any atom is 0.229 e. The van der Waals surface area contributed by atoms with Crippen molar-refractivity contribution in [3.05, 3.63) is 7.05 Å². The van der Waals surface area contributed by atoms with Crippen LogP contribution in [-0.4, -0.2) is 37.0 Å². The van der Waals surface area contributed by atoms with Crippen LogP contribution in [0.15, 0.2) is 0 Å². The molecule has 1 N–H and O–H groups in total. The van der Waals surface area contributed by atoms with Crippen LogP contribution in [0.1, 0.15) is 26.2 Å². The minimum absolute atomic E-state index is 0.0111. The van der Waals surface area contributed by atoms with E-state index in [0.717, 1.165) is 45.4 Å². The van der Waals surface area contributed by atoms with Crippen molar-refractivity contribution in [2.24, 2.45) is 5.41 Å². The van der Waals surface area contributed by atoms with Gasteiger partial charge < -0.3 is 9.80 Å². The second kappa shape index (κ2) is 3.54. The van der Waals surface area contributed by atoms with Crippen LogP contribution >= 0.6 is 0 Å². The van der Waals surface area contributed by atoms with Crippen molar-refractivity contribution >= 4 is 5.91 Å². The van der Waals surface area contributed by atoms with Gasteiger partial charge >= 0.3 is 0 Å². The Morgan fingerprint density at radius 3 is 2.57 bits per heavy atom. The Morgan fingerprint density at radius 1 is 1.43 bits per heavy atom. The third-order valence-corrected chi connectivity index (χ3v) is 3.90. The van der Waals surface area contributed by atoms with Crippen molar-refractivity contribution in [1.29, 1.82) is 0 Å². The molecule has 1 spiro atoms. The van der Waals surface area contributed by atoms with Gasteiger partial charge in [0.15, 0.2) is 0 Å². The standard InChI is InChI=1S/C11H20N2O/c1-3-13-9-6-11(10(13)14)4-7-12(2)8-5-11/h12H,2-9H2,1H3. The maximum atomic E-state index is 12.1. The van der Waals surface area contributed by atoms with E-state index < -0.39 is 0 Å². The minimum atomic E-state index is 0.0111. The SMILES string of the molecule is [CH2-][NH+]1CCC2(CCN(CC)C2=O)CC1. The largest absolute Gasteiger partial charge is 0.468 e. The number of rotatable bonds is 1. The molecule has 2 rings (SSSR count). The van der Waals surface area contributed by atoms with E-state index >= 15 is 0 Å². The molecule has 3 heteroatoms. The Bertz CT molecular complexity index is 231. The lowest BCUT2D eigenvalue weighted by Crippen LogP contribution is -3.08. The van der Waals surface area contributed by atoms with Gasteiger partial charge in [0, 0.05) is 25.9 Å². The summed E-state index contributed by atoms with van der Waals surface area (Å²) < 4.78 is 0. The van der Waals surface area contributed by atoms with Gasteiger partial charge in [0.2, 0.25) is 5.91 Å². The van der Waals surface area contributed by atoms with Crippen molar-refractivity contribution in [3.8, 4) is 0 Å². The van der Waals surface area contributed by atoms with E-state index in [9.17, 15) is 4.79 Å². The first kappa shape index (κ1) is 9.97. The van der Waals surface area contributed by atoms with Gasteiger partial charge in [0.25, 0.3) is 0 Å². The molecule has 0 aromatic heterocycles. The minimum Gasteiger partial charge on any atom is -0.468 e. The van der Waals surface area contributed by atoms with Gasteiger partial charge in [0.05, 0.1) is 18.5 Å². The van der Waals surface area contributed by atoms with E-state index in [2.05, 4.69) is 14.0 Å². The molecule has 14 heavy (non-hydrogen) atoms. The lowest BCUT2D eigenvalue weighted by molar-refractivity contribution is -0.861. The molecule has 2 saturated heterocycles. The van der Waals surface area contributed by atoms with E-state index in [0.29, 0.717) is 5.91 Å². The van der Waals surface area contributed by atoms with Crippen LogP contribution in [0.2, 0.25) is 0 Å². The number of hydrogen-bond acceptors (Lipinski definition) is 1. The monoisotopic (exact) mass is 196 g/mol. The van der Waals surface area contributed by atoms with Gasteiger partial charge in [-0.15, -0.1) is 0 Å². The van der Waals surface area contributed by atoms with E-state index in [4.69, 9.17) is 0 Å². The molecule has 3 nitrogen and oxygen atoms in total. The lowest BCUT2D eigenvalue weighted by atomic mass is 9.77. The number of carbonyl (C=O) groups excluding carboxylic acids is 1. The molecule has 2 fully saturated rings. The average Bonchev–Trinajstić information content (AvgIpc) is 2.50. The van der Waals surface area contributed by atoms with Crippen LogP contribution in [0.5, 0.6) is 0 Å². The van der Waals surface area contributed by atoms with Gasteiger partial charge in [-0.05, 0) is 13.3 Å². The molecule has 0 saturated carbocycles. The van der Waals surface area contributed by atoms with E-state index in [1.165, 1.54) is 4.90 Å². The highest BCUT2D eigenvalue weighted by atomic mass is 16.2. The van der Waals surface area contributed by atoms with E-state index in [-0.39, 0.29) is 5.41 Å². The highest BCUT2D eigenvalue weighted by Crippen LogP contribution is 2.38. The smallest absolute Gasteiger partial charge is 0.229 e. The zero-order valence-electron chi connectivity index (χ0n) is 9.01. The summed E-state index contributed by atoms with van der Waals surface area (Å²) in [6, 6.07) is 0. The van der Waals surface area contributed by atoms with Crippen LogP contribution in [-0.2, 0) is 4.79 Å². The molecule has 0 radical (unpaired) electrons. The molecule has 2 aliphatic heterocycles. The van der Waals surface area contributed by atoms with Gasteiger partial charge in [-0.25, -0.2) is 0 Å². The van der Waals surface area contributed by atoms with Crippen molar-refractivity contribution in [3.63, 3.8) is 0 Å². The fourth-order valence-corrected chi connectivity index (χ4v) is 2.74. The fraction of sp³-hybridized carbons (Fsp3) is 0.818. The summed E-state index contributed by atoms with van der Waals surface area (Å²) in [6.45, 7) is 6.04. The molecule has 0 aromatic rings. The van der Waals surface area contributed by atoms with Gasteiger partial charge in [-0.3, -0.25) is 4.79 Å². The topological polar surface area (TPSA) is 24.8 Å². The summed E-state index contributed by atoms with van der Waals surface area (Å²) in [6.07, 6.45) is 3.16. The van der Waals surface area contributed by atoms with Crippen molar-refractivity contribution in [1.82, 2.24) is 4.90 Å². The number of quaternary nitrogens is 1. The summed E-state index contributed by atoms with van der Waals surface area (Å²) in [5.74, 6) is 0.410. The van der Waals surface area contributed by atoms with Gasteiger partial charge in [0.1, 0.15) is 0 Å². The molecule has 1 amide bonds. The first-order valence-electron chi connectivity index (χ1n) is 5.64. The van der Waals surface area contributed by atoms with E-state index in [1.54, 1.807) is 0 Å². The van der Waals surface area contributed by atoms with Crippen LogP contribution in [0.25, 0.3) is 0 Å². The molecule has 80 valence electrons. The Balaban J connectivity index is 2.07. The number of nitrogens with zero attached hydrogens (tertiary/aromatic N) is 1. The summed E-state index contributed by atoms with van der Waals surface area (Å²) in [7, 11) is 4.01. The molecule has 0 aromatic carbocycles. The molecule has 2 heterocycles. The fourth-order valence-electron chi connectivity index (χ4n) is 2.74. The highest BCUT2D eigenvalue weighted by Gasteiger charge is 2.47.